The van der Waals surface area contributed by atoms with Crippen LogP contribution in [0.5, 0.6) is 0 Å². The lowest BCUT2D eigenvalue weighted by Crippen LogP contribution is -2.52. The van der Waals surface area contributed by atoms with Crippen molar-refractivity contribution in [2.75, 3.05) is 38.8 Å². The zero-order valence-electron chi connectivity index (χ0n) is 21.6. The molecule has 0 spiro atoms. The Morgan fingerprint density at radius 1 is 0.528 bits per heavy atom. The summed E-state index contributed by atoms with van der Waals surface area (Å²) in [6.07, 6.45) is 2.20. The van der Waals surface area contributed by atoms with Crippen LogP contribution in [0.2, 0.25) is 0 Å². The molecule has 0 fully saturated rings. The second-order valence-corrected chi connectivity index (χ2v) is 13.6. The number of hydrogen-bond donors (Lipinski definition) is 1. The highest BCUT2D eigenvalue weighted by Gasteiger charge is 2.29. The van der Waals surface area contributed by atoms with Crippen molar-refractivity contribution < 1.29 is 4.48 Å². The predicted octanol–water partition coefficient (Wildman–Crippen LogP) is 5.61. The van der Waals surface area contributed by atoms with E-state index in [0.29, 0.717) is 0 Å². The molecular weight excluding hydrogens is 474 g/mol. The van der Waals surface area contributed by atoms with Crippen LogP contribution in [-0.2, 0) is 0 Å². The second-order valence-electron chi connectivity index (χ2n) is 9.20. The van der Waals surface area contributed by atoms with E-state index in [-0.39, 0.29) is 0 Å². The van der Waals surface area contributed by atoms with E-state index in [4.69, 9.17) is 0 Å². The van der Waals surface area contributed by atoms with Gasteiger partial charge in [0.05, 0.1) is 19.6 Å². The van der Waals surface area contributed by atoms with E-state index in [1.54, 1.807) is 0 Å². The topological polar surface area (TPSA) is 12.0 Å². The van der Waals surface area contributed by atoms with Crippen LogP contribution in [0.15, 0.2) is 121 Å². The van der Waals surface area contributed by atoms with Crippen LogP contribution in [0.4, 0.5) is 0 Å². The van der Waals surface area contributed by atoms with Crippen LogP contribution in [0.1, 0.15) is 13.8 Å². The first-order valence-corrected chi connectivity index (χ1v) is 16.1. The third-order valence-corrected chi connectivity index (χ3v) is 12.2. The van der Waals surface area contributed by atoms with E-state index < -0.39 is 15.8 Å². The molecule has 0 bridgehead atoms. The average Bonchev–Trinajstić information content (AvgIpc) is 2.97. The molecule has 0 saturated carbocycles. The summed E-state index contributed by atoms with van der Waals surface area (Å²) >= 11 is 0. The summed E-state index contributed by atoms with van der Waals surface area (Å²) in [5.74, 6) is 0. The van der Waals surface area contributed by atoms with Crippen molar-refractivity contribution in [3.05, 3.63) is 121 Å². The highest BCUT2D eigenvalue weighted by Crippen LogP contribution is 2.37. The smallest absolute Gasteiger partial charge is 0.105 e. The molecule has 0 aliphatic heterocycles. The summed E-state index contributed by atoms with van der Waals surface area (Å²) in [4.78, 5) is 0. The maximum absolute atomic E-state index is 3.88. The lowest BCUT2D eigenvalue weighted by atomic mass is 10.4. The minimum Gasteiger partial charge on any atom is -0.319 e. The van der Waals surface area contributed by atoms with Crippen LogP contribution in [0, 0.1) is 0 Å². The minimum absolute atomic E-state index is 0.408. The first-order valence-electron chi connectivity index (χ1n) is 13.1. The van der Waals surface area contributed by atoms with Crippen LogP contribution in [-0.4, -0.2) is 43.2 Å². The third-order valence-electron chi connectivity index (χ3n) is 7.09. The first-order chi connectivity index (χ1) is 17.7. The number of rotatable bonds is 13. The molecule has 36 heavy (non-hydrogen) atoms. The molecule has 4 heteroatoms. The van der Waals surface area contributed by atoms with Gasteiger partial charge in [-0.05, 0) is 43.0 Å². The van der Waals surface area contributed by atoms with Gasteiger partial charge in [0.15, 0.2) is 0 Å². The average molecular weight is 514 g/mol. The second kappa shape index (κ2) is 13.8. The lowest BCUT2D eigenvalue weighted by Gasteiger charge is -2.40. The van der Waals surface area contributed by atoms with Crippen LogP contribution < -0.4 is 26.5 Å². The highest BCUT2D eigenvalue weighted by molar-refractivity contribution is 7.73. The Labute approximate surface area is 220 Å². The zero-order chi connectivity index (χ0) is 25.1. The van der Waals surface area contributed by atoms with Crippen molar-refractivity contribution in [1.29, 1.82) is 0 Å². The van der Waals surface area contributed by atoms with E-state index in [2.05, 4.69) is 140 Å². The fraction of sp³-hybridized carbons (Fsp3) is 0.250. The maximum atomic E-state index is 3.88. The molecule has 4 aromatic carbocycles. The quantitative estimate of drug-likeness (QED) is 0.139. The van der Waals surface area contributed by atoms with Gasteiger partial charge in [0.2, 0.25) is 0 Å². The van der Waals surface area contributed by atoms with E-state index in [1.807, 2.05) is 0 Å². The standard InChI is InChI=1S/C32H39N2P2/c1-3-34(4-2,28-36(31-21-13-7-14-22-31)32-23-15-8-16-24-32)26-25-33-27-35(29-17-9-5-10-18-29)30-19-11-6-12-20-30/h5-24,33H,3-4,25-28H2,1-2H3/q+1. The van der Waals surface area contributed by atoms with Gasteiger partial charge >= 0.3 is 0 Å². The van der Waals surface area contributed by atoms with Gasteiger partial charge in [-0.2, -0.15) is 0 Å². The largest absolute Gasteiger partial charge is 0.319 e. The van der Waals surface area contributed by atoms with Gasteiger partial charge in [-0.15, -0.1) is 0 Å². The first kappa shape index (κ1) is 26.7. The van der Waals surface area contributed by atoms with Crippen molar-refractivity contribution >= 4 is 37.1 Å². The lowest BCUT2D eigenvalue weighted by molar-refractivity contribution is -0.912. The van der Waals surface area contributed by atoms with Gasteiger partial charge in [0.25, 0.3) is 0 Å². The molecule has 4 aromatic rings. The maximum Gasteiger partial charge on any atom is 0.105 e. The molecule has 2 nitrogen and oxygen atoms in total. The molecule has 0 saturated heterocycles. The molecular formula is C32H39N2P2+. The minimum atomic E-state index is -0.410. The number of quaternary nitrogens is 1. The molecule has 4 rings (SSSR count). The van der Waals surface area contributed by atoms with E-state index in [0.717, 1.165) is 36.9 Å². The van der Waals surface area contributed by atoms with Crippen LogP contribution in [0.25, 0.3) is 0 Å². The predicted molar refractivity (Wildman–Crippen MR) is 162 cm³/mol. The van der Waals surface area contributed by atoms with E-state index in [1.165, 1.54) is 27.5 Å². The Morgan fingerprint density at radius 3 is 1.25 bits per heavy atom. The molecule has 0 radical (unpaired) electrons. The number of hydrogen-bond acceptors (Lipinski definition) is 1. The summed E-state index contributed by atoms with van der Waals surface area (Å²) in [6, 6.07) is 44.3. The molecule has 0 atom stereocenters. The van der Waals surface area contributed by atoms with Crippen LogP contribution >= 0.6 is 15.8 Å². The highest BCUT2D eigenvalue weighted by atomic mass is 31.1. The fourth-order valence-electron chi connectivity index (χ4n) is 4.69. The van der Waals surface area contributed by atoms with E-state index >= 15 is 0 Å². The third kappa shape index (κ3) is 7.12. The Kier molecular flexibility index (Phi) is 10.3. The molecule has 0 heterocycles. The van der Waals surface area contributed by atoms with Gasteiger partial charge < -0.3 is 9.80 Å². The van der Waals surface area contributed by atoms with Gasteiger partial charge in [-0.1, -0.05) is 121 Å². The summed E-state index contributed by atoms with van der Waals surface area (Å²) < 4.78 is 1.14. The normalized spacial score (nSPS) is 11.8. The molecule has 1 N–H and O–H groups in total. The van der Waals surface area contributed by atoms with Crippen molar-refractivity contribution in [2.45, 2.75) is 13.8 Å². The summed E-state index contributed by atoms with van der Waals surface area (Å²) in [7, 11) is -0.817. The molecule has 0 unspecified atom stereocenters. The monoisotopic (exact) mass is 513 g/mol. The SMILES string of the molecule is CC[N+](CC)(CCNCP(c1ccccc1)c1ccccc1)CP(c1ccccc1)c1ccccc1. The van der Waals surface area contributed by atoms with Crippen molar-refractivity contribution in [3.8, 4) is 0 Å². The van der Waals surface area contributed by atoms with E-state index in [9.17, 15) is 0 Å². The van der Waals surface area contributed by atoms with Gasteiger partial charge in [0.1, 0.15) is 6.29 Å². The molecule has 0 aliphatic rings. The Balaban J connectivity index is 1.46. The molecule has 0 amide bonds. The number of nitrogens with one attached hydrogen (secondary N) is 1. The van der Waals surface area contributed by atoms with Gasteiger partial charge in [-0.3, -0.25) is 0 Å². The molecule has 0 aliphatic carbocycles. The van der Waals surface area contributed by atoms with Crippen molar-refractivity contribution in [1.82, 2.24) is 5.32 Å². The zero-order valence-corrected chi connectivity index (χ0v) is 23.4. The number of nitrogens with zero attached hydrogens (tertiary/aromatic N) is 1. The molecule has 0 aromatic heterocycles. The summed E-state index contributed by atoms with van der Waals surface area (Å²) in [5.41, 5.74) is 0. The fourth-order valence-corrected chi connectivity index (χ4v) is 9.63. The van der Waals surface area contributed by atoms with Crippen LogP contribution in [0.3, 0.4) is 0 Å². The van der Waals surface area contributed by atoms with Crippen molar-refractivity contribution in [2.24, 2.45) is 0 Å². The Hall–Kier alpha value is -2.34. The van der Waals surface area contributed by atoms with Gasteiger partial charge in [0, 0.05) is 20.8 Å². The Morgan fingerprint density at radius 2 is 0.889 bits per heavy atom. The number of likely N-dealkylation sites (N-methyl/N-ethyl adjacent to an activating group) is 1. The molecule has 186 valence electrons. The summed E-state index contributed by atoms with van der Waals surface area (Å²) in [6.45, 7) is 9.23. The summed E-state index contributed by atoms with van der Waals surface area (Å²) in [5, 5.41) is 9.72. The number of benzene rings is 4. The Bertz CT molecular complexity index is 1050. The van der Waals surface area contributed by atoms with Crippen molar-refractivity contribution in [3.63, 3.8) is 0 Å². The van der Waals surface area contributed by atoms with Gasteiger partial charge in [-0.25, -0.2) is 0 Å².